The second-order valence-corrected chi connectivity index (χ2v) is 7.55. The minimum absolute atomic E-state index is 0.00398. The van der Waals surface area contributed by atoms with Crippen molar-refractivity contribution < 1.29 is 9.47 Å². The Bertz CT molecular complexity index is 1330. The largest absolute Gasteiger partial charge is 0.497 e. The summed E-state index contributed by atoms with van der Waals surface area (Å²) in [4.78, 5) is 15.6. The van der Waals surface area contributed by atoms with Gasteiger partial charge in [0, 0.05) is 23.7 Å². The highest BCUT2D eigenvalue weighted by atomic mass is 16.5. The van der Waals surface area contributed by atoms with E-state index in [0.29, 0.717) is 41.7 Å². The molecule has 4 aromatic rings. The molecule has 1 unspecified atom stereocenters. The van der Waals surface area contributed by atoms with Crippen LogP contribution in [0.2, 0.25) is 0 Å². The van der Waals surface area contributed by atoms with E-state index >= 15 is 0 Å². The lowest BCUT2D eigenvalue weighted by Gasteiger charge is -2.18. The first-order valence-corrected chi connectivity index (χ1v) is 10.7. The SMILES string of the molecule is CCOc1cc(OC)cc(C(Cc2ccc(C(=N)N)cc2)c2nn(-c3cccnn3)c(=O)[nH]2)c1. The number of benzene rings is 2. The summed E-state index contributed by atoms with van der Waals surface area (Å²) in [6, 6.07) is 16.4. The molecular weight excluding hydrogens is 434 g/mol. The molecule has 2 heterocycles. The van der Waals surface area contributed by atoms with Crippen molar-refractivity contribution in [2.75, 3.05) is 13.7 Å². The fraction of sp³-hybridized carbons (Fsp3) is 0.208. The van der Waals surface area contributed by atoms with Crippen molar-refractivity contribution in [3.8, 4) is 17.3 Å². The summed E-state index contributed by atoms with van der Waals surface area (Å²) >= 11 is 0. The number of aromatic amines is 1. The lowest BCUT2D eigenvalue weighted by Crippen LogP contribution is -2.17. The van der Waals surface area contributed by atoms with Crippen molar-refractivity contribution >= 4 is 5.84 Å². The number of ether oxygens (including phenoxy) is 2. The van der Waals surface area contributed by atoms with Gasteiger partial charge in [-0.2, -0.15) is 9.78 Å². The van der Waals surface area contributed by atoms with E-state index in [1.807, 2.05) is 37.3 Å². The average molecular weight is 460 g/mol. The fourth-order valence-electron chi connectivity index (χ4n) is 3.65. The number of nitrogens with two attached hydrogens (primary N) is 1. The Labute approximate surface area is 195 Å². The molecule has 0 aliphatic heterocycles. The second-order valence-electron chi connectivity index (χ2n) is 7.55. The van der Waals surface area contributed by atoms with Gasteiger partial charge in [-0.25, -0.2) is 4.79 Å². The van der Waals surface area contributed by atoms with Gasteiger partial charge in [-0.15, -0.1) is 10.2 Å². The van der Waals surface area contributed by atoms with E-state index in [0.717, 1.165) is 11.1 Å². The molecule has 0 saturated carbocycles. The maximum atomic E-state index is 12.7. The van der Waals surface area contributed by atoms with Gasteiger partial charge in [-0.3, -0.25) is 10.4 Å². The normalized spacial score (nSPS) is 11.7. The molecule has 2 aromatic heterocycles. The number of nitrogens with zero attached hydrogens (tertiary/aromatic N) is 4. The van der Waals surface area contributed by atoms with Gasteiger partial charge in [0.2, 0.25) is 0 Å². The molecule has 4 rings (SSSR count). The number of hydrogen-bond donors (Lipinski definition) is 3. The Balaban J connectivity index is 1.80. The van der Waals surface area contributed by atoms with E-state index in [-0.39, 0.29) is 11.8 Å². The Morgan fingerprint density at radius 1 is 1.18 bits per heavy atom. The highest BCUT2D eigenvalue weighted by Crippen LogP contribution is 2.32. The van der Waals surface area contributed by atoms with Crippen LogP contribution in [0.4, 0.5) is 0 Å². The van der Waals surface area contributed by atoms with E-state index in [4.69, 9.17) is 20.6 Å². The van der Waals surface area contributed by atoms with Crippen LogP contribution < -0.4 is 20.9 Å². The van der Waals surface area contributed by atoms with E-state index in [2.05, 4.69) is 20.3 Å². The van der Waals surface area contributed by atoms with Gasteiger partial charge in [-0.05, 0) is 48.7 Å². The minimum Gasteiger partial charge on any atom is -0.497 e. The Hall–Kier alpha value is -4.47. The van der Waals surface area contributed by atoms with Gasteiger partial charge in [0.25, 0.3) is 0 Å². The van der Waals surface area contributed by atoms with Crippen LogP contribution in [0.25, 0.3) is 5.82 Å². The predicted molar refractivity (Wildman–Crippen MR) is 127 cm³/mol. The van der Waals surface area contributed by atoms with Crippen LogP contribution in [0.5, 0.6) is 11.5 Å². The first-order valence-electron chi connectivity index (χ1n) is 10.7. The molecule has 10 heteroatoms. The van der Waals surface area contributed by atoms with E-state index in [1.54, 1.807) is 31.4 Å². The number of nitrogen functional groups attached to an aromatic ring is 1. The number of nitrogens with one attached hydrogen (secondary N) is 2. The Morgan fingerprint density at radius 2 is 1.94 bits per heavy atom. The number of hydrogen-bond acceptors (Lipinski definition) is 7. The molecule has 0 radical (unpaired) electrons. The van der Waals surface area contributed by atoms with Crippen LogP contribution in [0.15, 0.2) is 65.6 Å². The van der Waals surface area contributed by atoms with Crippen molar-refractivity contribution in [1.82, 2.24) is 25.0 Å². The molecule has 4 N–H and O–H groups in total. The van der Waals surface area contributed by atoms with Crippen LogP contribution in [-0.2, 0) is 6.42 Å². The molecule has 10 nitrogen and oxygen atoms in total. The van der Waals surface area contributed by atoms with Crippen LogP contribution in [-0.4, -0.2) is 44.5 Å². The fourth-order valence-corrected chi connectivity index (χ4v) is 3.65. The molecule has 2 aromatic carbocycles. The van der Waals surface area contributed by atoms with Crippen molar-refractivity contribution in [1.29, 1.82) is 5.41 Å². The monoisotopic (exact) mass is 459 g/mol. The van der Waals surface area contributed by atoms with Crippen LogP contribution >= 0.6 is 0 Å². The van der Waals surface area contributed by atoms with Crippen molar-refractivity contribution in [2.24, 2.45) is 5.73 Å². The summed E-state index contributed by atoms with van der Waals surface area (Å²) in [5.41, 5.74) is 7.65. The minimum atomic E-state index is -0.416. The molecular formula is C24H25N7O3. The van der Waals surface area contributed by atoms with Gasteiger partial charge < -0.3 is 15.2 Å². The average Bonchev–Trinajstić information content (AvgIpc) is 3.24. The molecule has 0 bridgehead atoms. The van der Waals surface area contributed by atoms with Crippen LogP contribution in [0.3, 0.4) is 0 Å². The van der Waals surface area contributed by atoms with E-state index in [9.17, 15) is 4.79 Å². The zero-order valence-corrected chi connectivity index (χ0v) is 18.9. The molecule has 174 valence electrons. The third-order valence-corrected chi connectivity index (χ3v) is 5.30. The second kappa shape index (κ2) is 9.99. The smallest absolute Gasteiger partial charge is 0.349 e. The van der Waals surface area contributed by atoms with Crippen molar-refractivity contribution in [3.05, 3.63) is 93.8 Å². The van der Waals surface area contributed by atoms with Crippen molar-refractivity contribution in [2.45, 2.75) is 19.3 Å². The number of H-pyrrole nitrogens is 1. The number of amidine groups is 1. The van der Waals surface area contributed by atoms with Gasteiger partial charge in [-0.1, -0.05) is 24.3 Å². The molecule has 34 heavy (non-hydrogen) atoms. The van der Waals surface area contributed by atoms with Crippen LogP contribution in [0.1, 0.15) is 35.4 Å². The number of rotatable bonds is 9. The summed E-state index contributed by atoms with van der Waals surface area (Å²) in [6.07, 6.45) is 2.05. The Kier molecular flexibility index (Phi) is 6.67. The molecule has 0 aliphatic carbocycles. The summed E-state index contributed by atoms with van der Waals surface area (Å²) in [6.45, 7) is 2.41. The first kappa shape index (κ1) is 22.7. The third-order valence-electron chi connectivity index (χ3n) is 5.30. The standard InChI is InChI=1S/C24H25N7O3/c1-3-34-19-13-17(12-18(14-19)33-2)20(11-15-6-8-16(9-7-15)22(25)26)23-28-24(32)31(30-23)21-5-4-10-27-29-21/h4-10,12-14,20H,3,11H2,1-2H3,(H3,25,26)(H,28,30,32). The molecule has 0 fully saturated rings. The lowest BCUT2D eigenvalue weighted by atomic mass is 9.90. The quantitative estimate of drug-likeness (QED) is 0.257. The zero-order chi connectivity index (χ0) is 24.1. The van der Waals surface area contributed by atoms with Gasteiger partial charge in [0.05, 0.1) is 13.7 Å². The van der Waals surface area contributed by atoms with Crippen LogP contribution in [0, 0.1) is 5.41 Å². The van der Waals surface area contributed by atoms with Crippen molar-refractivity contribution in [3.63, 3.8) is 0 Å². The lowest BCUT2D eigenvalue weighted by molar-refractivity contribution is 0.335. The predicted octanol–water partition coefficient (Wildman–Crippen LogP) is 2.42. The molecule has 0 amide bonds. The van der Waals surface area contributed by atoms with E-state index < -0.39 is 5.69 Å². The molecule has 0 spiro atoms. The van der Waals surface area contributed by atoms with Gasteiger partial charge >= 0.3 is 5.69 Å². The maximum absolute atomic E-state index is 12.7. The highest BCUT2D eigenvalue weighted by Gasteiger charge is 2.23. The summed E-state index contributed by atoms with van der Waals surface area (Å²) in [7, 11) is 1.59. The number of methoxy groups -OCH3 is 1. The molecule has 0 aliphatic rings. The topological polar surface area (TPSA) is 145 Å². The molecule has 0 saturated heterocycles. The third kappa shape index (κ3) is 4.96. The van der Waals surface area contributed by atoms with E-state index in [1.165, 1.54) is 10.9 Å². The summed E-state index contributed by atoms with van der Waals surface area (Å²) < 4.78 is 12.4. The Morgan fingerprint density at radius 3 is 2.59 bits per heavy atom. The maximum Gasteiger partial charge on any atom is 0.349 e. The molecule has 1 atom stereocenters. The first-order chi connectivity index (χ1) is 16.5. The number of aromatic nitrogens is 5. The van der Waals surface area contributed by atoms with Gasteiger partial charge in [0.15, 0.2) is 5.82 Å². The zero-order valence-electron chi connectivity index (χ0n) is 18.9. The summed E-state index contributed by atoms with van der Waals surface area (Å²) in [5.74, 6) is 1.74. The highest BCUT2D eigenvalue weighted by molar-refractivity contribution is 5.94. The van der Waals surface area contributed by atoms with Gasteiger partial charge in [0.1, 0.15) is 23.2 Å². The summed E-state index contributed by atoms with van der Waals surface area (Å²) in [5, 5.41) is 20.0.